The van der Waals surface area contributed by atoms with Gasteiger partial charge in [0, 0.05) is 6.08 Å². The van der Waals surface area contributed by atoms with Gasteiger partial charge in [-0.25, -0.2) is 0 Å². The van der Waals surface area contributed by atoms with Gasteiger partial charge in [-0.05, 0) is 24.3 Å². The highest BCUT2D eigenvalue weighted by Gasteiger charge is 2.41. The Morgan fingerprint density at radius 3 is 2.67 bits per heavy atom. The van der Waals surface area contributed by atoms with Crippen molar-refractivity contribution in [3.05, 3.63) is 67.9 Å². The quantitative estimate of drug-likeness (QED) is 0.674. The Hall–Kier alpha value is -3.64. The highest BCUT2D eigenvalue weighted by molar-refractivity contribution is 7.07. The Balaban J connectivity index is 2.10. The minimum absolute atomic E-state index is 0.0775. The van der Waals surface area contributed by atoms with Crippen LogP contribution in [0, 0.1) is 22.7 Å². The fourth-order valence-electron chi connectivity index (χ4n) is 3.15. The zero-order chi connectivity index (χ0) is 19.1. The van der Waals surface area contributed by atoms with E-state index in [0.717, 1.165) is 15.9 Å². The van der Waals surface area contributed by atoms with Crippen molar-refractivity contribution in [3.63, 3.8) is 0 Å². The maximum Gasteiger partial charge on any atom is 0.274 e. The highest BCUT2D eigenvalue weighted by atomic mass is 32.1. The van der Waals surface area contributed by atoms with E-state index in [0.29, 0.717) is 11.5 Å². The van der Waals surface area contributed by atoms with Crippen molar-refractivity contribution in [2.75, 3.05) is 0 Å². The molecule has 0 bridgehead atoms. The predicted molar refractivity (Wildman–Crippen MR) is 96.4 cm³/mol. The third-order valence-corrected chi connectivity index (χ3v) is 5.41. The minimum Gasteiger partial charge on any atom is -0.469 e. The lowest BCUT2D eigenvalue weighted by molar-refractivity contribution is -0.113. The molecule has 0 radical (unpaired) electrons. The number of amides is 1. The number of nitriles is 1. The number of aromatic nitrogens is 1. The second kappa shape index (κ2) is 6.26. The average molecular weight is 380 g/mol. The van der Waals surface area contributed by atoms with Gasteiger partial charge in [-0.3, -0.25) is 19.6 Å². The normalized spacial score (nSPS) is 19.7. The van der Waals surface area contributed by atoms with Crippen LogP contribution in [0.1, 0.15) is 17.4 Å². The van der Waals surface area contributed by atoms with Gasteiger partial charge < -0.3 is 14.6 Å². The van der Waals surface area contributed by atoms with Crippen molar-refractivity contribution in [1.82, 2.24) is 4.57 Å². The van der Waals surface area contributed by atoms with E-state index in [1.807, 2.05) is 6.07 Å². The number of fused-ring (bicyclic) bond motifs is 1. The van der Waals surface area contributed by atoms with E-state index in [1.165, 1.54) is 18.6 Å². The first kappa shape index (κ1) is 16.8. The van der Waals surface area contributed by atoms with E-state index in [2.05, 4.69) is 0 Å². The van der Waals surface area contributed by atoms with Gasteiger partial charge in [0.15, 0.2) is 0 Å². The van der Waals surface area contributed by atoms with E-state index < -0.39 is 23.3 Å². The minimum atomic E-state index is -1.09. The molecule has 3 N–H and O–H groups in total. The van der Waals surface area contributed by atoms with E-state index in [9.17, 15) is 14.9 Å². The summed E-state index contributed by atoms with van der Waals surface area (Å²) in [5, 5.41) is 18.0. The van der Waals surface area contributed by atoms with Crippen LogP contribution in [0.2, 0.25) is 0 Å². The molecule has 0 aliphatic carbocycles. The topological polar surface area (TPSA) is 139 Å². The summed E-state index contributed by atoms with van der Waals surface area (Å²) in [6, 6.07) is 8.60. The lowest BCUT2D eigenvalue weighted by atomic mass is 9.82. The number of hydrogen-bond acceptors (Lipinski definition) is 7. The highest BCUT2D eigenvalue weighted by Crippen LogP contribution is 2.35. The van der Waals surface area contributed by atoms with Gasteiger partial charge in [-0.1, -0.05) is 0 Å². The van der Waals surface area contributed by atoms with Gasteiger partial charge in [0.05, 0.1) is 34.6 Å². The Kier molecular flexibility index (Phi) is 3.90. The molecule has 4 rings (SSSR count). The van der Waals surface area contributed by atoms with Gasteiger partial charge in [0.2, 0.25) is 5.91 Å². The summed E-state index contributed by atoms with van der Waals surface area (Å²) in [4.78, 5) is 25.1. The Labute approximate surface area is 155 Å². The SMILES string of the molecule is N#CC1C(=N)n2c(s/c(=C\c3ccco3)c2=O)=C(C(N)=O)C1c1ccco1. The van der Waals surface area contributed by atoms with Crippen molar-refractivity contribution in [2.45, 2.75) is 5.92 Å². The summed E-state index contributed by atoms with van der Waals surface area (Å²) < 4.78 is 12.2. The number of nitrogens with one attached hydrogen (secondary N) is 1. The molecule has 3 aromatic rings. The molecule has 0 aromatic carbocycles. The molecule has 2 unspecified atom stereocenters. The van der Waals surface area contributed by atoms with E-state index >= 15 is 0 Å². The van der Waals surface area contributed by atoms with Crippen molar-refractivity contribution < 1.29 is 13.6 Å². The fourth-order valence-corrected chi connectivity index (χ4v) is 4.32. The summed E-state index contributed by atoms with van der Waals surface area (Å²) in [6.07, 6.45) is 4.41. The van der Waals surface area contributed by atoms with Crippen molar-refractivity contribution in [3.8, 4) is 6.07 Å². The molecule has 0 saturated carbocycles. The lowest BCUT2D eigenvalue weighted by Crippen LogP contribution is -2.47. The van der Waals surface area contributed by atoms with Crippen LogP contribution in [0.5, 0.6) is 0 Å². The van der Waals surface area contributed by atoms with Crippen LogP contribution in [-0.2, 0) is 4.79 Å². The summed E-state index contributed by atoms with van der Waals surface area (Å²) >= 11 is 1.02. The average Bonchev–Trinajstić information content (AvgIpc) is 3.37. The largest absolute Gasteiger partial charge is 0.469 e. The zero-order valence-corrected chi connectivity index (χ0v) is 14.5. The van der Waals surface area contributed by atoms with Crippen molar-refractivity contribution in [2.24, 2.45) is 11.7 Å². The molecule has 0 saturated heterocycles. The number of thiazole rings is 1. The second-order valence-electron chi connectivity index (χ2n) is 5.83. The molecule has 1 aliphatic rings. The van der Waals surface area contributed by atoms with Crippen LogP contribution in [-0.4, -0.2) is 16.3 Å². The van der Waals surface area contributed by atoms with Crippen LogP contribution in [0.3, 0.4) is 0 Å². The van der Waals surface area contributed by atoms with Crippen LogP contribution >= 0.6 is 11.3 Å². The Bertz CT molecular complexity index is 1260. The lowest BCUT2D eigenvalue weighted by Gasteiger charge is -2.26. The number of carbonyl (C=O) groups excluding carboxylic acids is 1. The third kappa shape index (κ3) is 2.54. The second-order valence-corrected chi connectivity index (χ2v) is 6.87. The van der Waals surface area contributed by atoms with Gasteiger partial charge in [-0.15, -0.1) is 11.3 Å². The first-order valence-electron chi connectivity index (χ1n) is 7.86. The molecule has 9 heteroatoms. The first-order chi connectivity index (χ1) is 13.0. The van der Waals surface area contributed by atoms with Crippen LogP contribution in [0.25, 0.3) is 11.6 Å². The summed E-state index contributed by atoms with van der Waals surface area (Å²) in [7, 11) is 0. The molecule has 8 nitrogen and oxygen atoms in total. The molecule has 4 heterocycles. The van der Waals surface area contributed by atoms with Gasteiger partial charge in [-0.2, -0.15) is 5.26 Å². The molecule has 3 aromatic heterocycles. The number of rotatable bonds is 3. The fraction of sp³-hybridized carbons (Fsp3) is 0.111. The van der Waals surface area contributed by atoms with E-state index in [-0.39, 0.29) is 20.6 Å². The zero-order valence-electron chi connectivity index (χ0n) is 13.7. The van der Waals surface area contributed by atoms with Crippen LogP contribution < -0.4 is 20.5 Å². The summed E-state index contributed by atoms with van der Waals surface area (Å²) in [6.45, 7) is 0. The van der Waals surface area contributed by atoms with Gasteiger partial charge >= 0.3 is 0 Å². The standard InChI is InChI=1S/C18H12N4O4S/c19-8-10-13(11-4-2-6-26-11)14(16(21)23)18-22(15(10)20)17(24)12(27-18)7-9-3-1-5-25-9/h1-7,10,13,20H,(H2,21,23)/b12-7-,20-15?. The smallest absolute Gasteiger partial charge is 0.274 e. The molecule has 1 aliphatic heterocycles. The number of furan rings is 2. The molecule has 134 valence electrons. The molecule has 0 spiro atoms. The molecule has 27 heavy (non-hydrogen) atoms. The molecule has 1 amide bonds. The number of primary amides is 1. The summed E-state index contributed by atoms with van der Waals surface area (Å²) in [5.74, 6) is -2.15. The maximum atomic E-state index is 12.8. The Morgan fingerprint density at radius 2 is 2.07 bits per heavy atom. The molecule has 2 atom stereocenters. The monoisotopic (exact) mass is 380 g/mol. The predicted octanol–water partition coefficient (Wildman–Crippen LogP) is 0.323. The van der Waals surface area contributed by atoms with Gasteiger partial charge in [0.25, 0.3) is 5.56 Å². The first-order valence-corrected chi connectivity index (χ1v) is 8.67. The third-order valence-electron chi connectivity index (χ3n) is 4.30. The van der Waals surface area contributed by atoms with E-state index in [4.69, 9.17) is 20.0 Å². The number of nitrogens with zero attached hydrogens (tertiary/aromatic N) is 2. The van der Waals surface area contributed by atoms with Crippen molar-refractivity contribution in [1.29, 1.82) is 10.7 Å². The van der Waals surface area contributed by atoms with Gasteiger partial charge in [0.1, 0.15) is 27.9 Å². The van der Waals surface area contributed by atoms with Crippen LogP contribution in [0.15, 0.2) is 50.4 Å². The van der Waals surface area contributed by atoms with Crippen molar-refractivity contribution >= 4 is 34.7 Å². The number of nitrogens with two attached hydrogens (primary N) is 1. The maximum absolute atomic E-state index is 12.8. The Morgan fingerprint density at radius 1 is 1.33 bits per heavy atom. The summed E-state index contributed by atoms with van der Waals surface area (Å²) in [5.41, 5.74) is 5.17. The molecule has 0 fully saturated rings. The number of carbonyl (C=O) groups is 1. The molecular weight excluding hydrogens is 368 g/mol. The molecular formula is C18H12N4O4S. The van der Waals surface area contributed by atoms with Crippen LogP contribution in [0.4, 0.5) is 0 Å². The number of hydrogen-bond donors (Lipinski definition) is 2. The van der Waals surface area contributed by atoms with E-state index in [1.54, 1.807) is 24.3 Å².